The molecule has 1 nitrogen and oxygen atoms in total. The van der Waals surface area contributed by atoms with Gasteiger partial charge in [0.15, 0.2) is 0 Å². The first-order chi connectivity index (χ1) is 8.88. The van der Waals surface area contributed by atoms with Crippen LogP contribution in [0.2, 0.25) is 0 Å². The molecule has 0 saturated carbocycles. The van der Waals surface area contributed by atoms with Crippen molar-refractivity contribution < 1.29 is 98.1 Å². The molecule has 0 bridgehead atoms. The van der Waals surface area contributed by atoms with E-state index in [9.17, 15) is 0 Å². The second-order valence-electron chi connectivity index (χ2n) is 4.76. The molecular formula is C17H12NY3-. The summed E-state index contributed by atoms with van der Waals surface area (Å²) < 4.78 is 0. The monoisotopic (exact) mass is 497 g/mol. The standard InChI is InChI=1S/C17H12N.3Y/c18-10-14-7-6-13-5-4-11-2-1-3-12-8-9-15(14)17(13)16(11)12;;;/h1-9,18H,10H2;;;/q-1;;;. The molecule has 4 aromatic carbocycles. The summed E-state index contributed by atoms with van der Waals surface area (Å²) in [6.07, 6.45) is 0. The quantitative estimate of drug-likeness (QED) is 0.326. The van der Waals surface area contributed by atoms with Crippen molar-refractivity contribution in [2.45, 2.75) is 6.54 Å². The van der Waals surface area contributed by atoms with Gasteiger partial charge in [0.2, 0.25) is 0 Å². The fourth-order valence-corrected chi connectivity index (χ4v) is 2.95. The van der Waals surface area contributed by atoms with E-state index < -0.39 is 0 Å². The van der Waals surface area contributed by atoms with Gasteiger partial charge in [0, 0.05) is 98.1 Å². The SMILES string of the molecule is [NH-]Cc1ccc2ccc3cccc4ccc1c2c34.[Y].[Y].[Y]. The largest absolute Gasteiger partial charge is 0.674 e. The van der Waals surface area contributed by atoms with Gasteiger partial charge in [-0.15, -0.1) is 6.54 Å². The molecule has 0 aliphatic rings. The smallest absolute Gasteiger partial charge is 0 e. The minimum Gasteiger partial charge on any atom is -0.674 e. The van der Waals surface area contributed by atoms with Crippen LogP contribution in [0.1, 0.15) is 5.56 Å². The molecule has 1 N–H and O–H groups in total. The van der Waals surface area contributed by atoms with Crippen LogP contribution in [0.15, 0.2) is 54.6 Å². The normalized spacial score (nSPS) is 10.1. The van der Waals surface area contributed by atoms with Gasteiger partial charge in [0.1, 0.15) is 0 Å². The van der Waals surface area contributed by atoms with Crippen LogP contribution in [0.4, 0.5) is 0 Å². The zero-order valence-electron chi connectivity index (χ0n) is 11.6. The van der Waals surface area contributed by atoms with Crippen LogP contribution in [-0.2, 0) is 105 Å². The first kappa shape index (κ1) is 20.2. The average molecular weight is 497 g/mol. The molecule has 3 radical (unpaired) electrons. The minimum absolute atomic E-state index is 0. The summed E-state index contributed by atoms with van der Waals surface area (Å²) in [6, 6.07) is 19.3. The van der Waals surface area contributed by atoms with Gasteiger partial charge in [0.05, 0.1) is 0 Å². The Labute approximate surface area is 199 Å². The topological polar surface area (TPSA) is 23.8 Å². The van der Waals surface area contributed by atoms with Crippen molar-refractivity contribution in [3.8, 4) is 0 Å². The maximum absolute atomic E-state index is 7.66. The van der Waals surface area contributed by atoms with Gasteiger partial charge in [-0.3, -0.25) is 0 Å². The molecule has 0 spiro atoms. The molecule has 21 heavy (non-hydrogen) atoms. The molecule has 0 amide bonds. The van der Waals surface area contributed by atoms with Gasteiger partial charge in [0.25, 0.3) is 0 Å². The van der Waals surface area contributed by atoms with E-state index in [1.165, 1.54) is 32.3 Å². The van der Waals surface area contributed by atoms with Gasteiger partial charge in [-0.1, -0.05) is 60.2 Å². The van der Waals surface area contributed by atoms with Crippen molar-refractivity contribution in [1.29, 1.82) is 0 Å². The van der Waals surface area contributed by atoms with Crippen LogP contribution in [0.5, 0.6) is 0 Å². The Hall–Kier alpha value is 1.19. The molecule has 0 aromatic heterocycles. The predicted octanol–water partition coefficient (Wildman–Crippen LogP) is 5.13. The van der Waals surface area contributed by atoms with Crippen LogP contribution in [0.25, 0.3) is 38.1 Å². The molecule has 4 aromatic rings. The molecule has 0 aliphatic heterocycles. The van der Waals surface area contributed by atoms with E-state index in [0.29, 0.717) is 6.54 Å². The molecule has 4 rings (SSSR count). The summed E-state index contributed by atoms with van der Waals surface area (Å²) in [7, 11) is 0. The number of benzene rings is 4. The van der Waals surface area contributed by atoms with Crippen LogP contribution in [0, 0.1) is 0 Å². The van der Waals surface area contributed by atoms with Gasteiger partial charge >= 0.3 is 0 Å². The average Bonchev–Trinajstić information content (AvgIpc) is 2.44. The van der Waals surface area contributed by atoms with Crippen LogP contribution < -0.4 is 0 Å². The van der Waals surface area contributed by atoms with Crippen molar-refractivity contribution in [1.82, 2.24) is 0 Å². The van der Waals surface area contributed by atoms with E-state index in [-0.39, 0.29) is 98.1 Å². The van der Waals surface area contributed by atoms with Crippen LogP contribution >= 0.6 is 0 Å². The molecule has 0 unspecified atom stereocenters. The summed E-state index contributed by atoms with van der Waals surface area (Å²) in [5.74, 6) is 0. The second-order valence-corrected chi connectivity index (χ2v) is 4.76. The Balaban J connectivity index is 0.000000735. The summed E-state index contributed by atoms with van der Waals surface area (Å²) in [4.78, 5) is 0. The van der Waals surface area contributed by atoms with Crippen molar-refractivity contribution in [3.63, 3.8) is 0 Å². The Bertz CT molecular complexity index is 858. The number of hydrogen-bond donors (Lipinski definition) is 0. The summed E-state index contributed by atoms with van der Waals surface area (Å²) in [6.45, 7) is 0.341. The second kappa shape index (κ2) is 8.34. The molecule has 0 aliphatic carbocycles. The Morgan fingerprint density at radius 1 is 0.619 bits per heavy atom. The number of hydrogen-bond acceptors (Lipinski definition) is 0. The zero-order valence-corrected chi connectivity index (χ0v) is 20.2. The maximum atomic E-state index is 7.66. The fraction of sp³-hybridized carbons (Fsp3) is 0.0588. The summed E-state index contributed by atoms with van der Waals surface area (Å²) >= 11 is 0. The molecule has 95 valence electrons. The summed E-state index contributed by atoms with van der Waals surface area (Å²) in [5.41, 5.74) is 8.77. The third-order valence-electron chi connectivity index (χ3n) is 3.81. The van der Waals surface area contributed by atoms with Crippen LogP contribution in [0.3, 0.4) is 0 Å². The van der Waals surface area contributed by atoms with E-state index in [2.05, 4.69) is 54.6 Å². The van der Waals surface area contributed by atoms with E-state index in [1.807, 2.05) is 0 Å². The third-order valence-corrected chi connectivity index (χ3v) is 3.81. The fourth-order valence-electron chi connectivity index (χ4n) is 2.95. The van der Waals surface area contributed by atoms with E-state index in [4.69, 9.17) is 5.73 Å². The Morgan fingerprint density at radius 3 is 1.76 bits per heavy atom. The third kappa shape index (κ3) is 3.36. The molecule has 0 heterocycles. The Morgan fingerprint density at radius 2 is 1.14 bits per heavy atom. The maximum Gasteiger partial charge on any atom is 0 e. The van der Waals surface area contributed by atoms with Crippen molar-refractivity contribution in [2.75, 3.05) is 0 Å². The minimum atomic E-state index is 0. The van der Waals surface area contributed by atoms with Crippen LogP contribution in [-0.4, -0.2) is 0 Å². The summed E-state index contributed by atoms with van der Waals surface area (Å²) in [5, 5.41) is 7.72. The first-order valence-corrected chi connectivity index (χ1v) is 6.18. The van der Waals surface area contributed by atoms with Crippen molar-refractivity contribution >= 4 is 32.3 Å². The van der Waals surface area contributed by atoms with E-state index in [1.54, 1.807) is 0 Å². The number of rotatable bonds is 1. The van der Waals surface area contributed by atoms with E-state index >= 15 is 0 Å². The molecule has 0 atom stereocenters. The zero-order chi connectivity index (χ0) is 12.1. The van der Waals surface area contributed by atoms with Gasteiger partial charge in [-0.25, -0.2) is 0 Å². The first-order valence-electron chi connectivity index (χ1n) is 6.18. The molecular weight excluding hydrogens is 485 g/mol. The van der Waals surface area contributed by atoms with Gasteiger partial charge < -0.3 is 5.73 Å². The Kier molecular flexibility index (Phi) is 8.03. The van der Waals surface area contributed by atoms with Gasteiger partial charge in [-0.2, -0.15) is 0 Å². The van der Waals surface area contributed by atoms with Crippen molar-refractivity contribution in [3.05, 3.63) is 65.9 Å². The molecule has 0 saturated heterocycles. The molecule has 0 fully saturated rings. The van der Waals surface area contributed by atoms with E-state index in [0.717, 1.165) is 5.56 Å². The predicted molar refractivity (Wildman–Crippen MR) is 78.2 cm³/mol. The number of nitrogens with one attached hydrogen (secondary N) is 1. The molecule has 4 heteroatoms. The van der Waals surface area contributed by atoms with Gasteiger partial charge in [-0.05, 0) is 32.3 Å². The van der Waals surface area contributed by atoms with Crippen molar-refractivity contribution in [2.24, 2.45) is 0 Å².